The summed E-state index contributed by atoms with van der Waals surface area (Å²) < 4.78 is 6.09. The van der Waals surface area contributed by atoms with E-state index in [-0.39, 0.29) is 6.04 Å². The van der Waals surface area contributed by atoms with E-state index in [1.807, 2.05) is 25.1 Å². The lowest BCUT2D eigenvalue weighted by atomic mass is 10.2. The lowest BCUT2D eigenvalue weighted by molar-refractivity contribution is 0.178. The first kappa shape index (κ1) is 12.3. The number of halogens is 1. The van der Waals surface area contributed by atoms with Gasteiger partial charge in [-0.2, -0.15) is 0 Å². The van der Waals surface area contributed by atoms with E-state index in [0.717, 1.165) is 15.9 Å². The van der Waals surface area contributed by atoms with Crippen LogP contribution < -0.4 is 10.1 Å². The van der Waals surface area contributed by atoms with Crippen LogP contribution in [0.25, 0.3) is 0 Å². The van der Waals surface area contributed by atoms with Gasteiger partial charge in [-0.15, -0.1) is 0 Å². The molecule has 0 radical (unpaired) electrons. The van der Waals surface area contributed by atoms with E-state index in [4.69, 9.17) is 4.74 Å². The molecular formula is C11H16BrNO2. The monoisotopic (exact) mass is 273 g/mol. The SMILES string of the molecule is COc1cc(Br)cc(NC(C)C(C)O)c1. The highest BCUT2D eigenvalue weighted by molar-refractivity contribution is 9.10. The average Bonchev–Trinajstić information content (AvgIpc) is 2.16. The molecule has 0 aliphatic heterocycles. The number of ether oxygens (including phenoxy) is 1. The molecule has 2 atom stereocenters. The number of benzene rings is 1. The summed E-state index contributed by atoms with van der Waals surface area (Å²) in [4.78, 5) is 0. The van der Waals surface area contributed by atoms with E-state index >= 15 is 0 Å². The first-order valence-corrected chi connectivity index (χ1v) is 5.61. The molecule has 0 aliphatic carbocycles. The van der Waals surface area contributed by atoms with Crippen molar-refractivity contribution in [1.29, 1.82) is 0 Å². The molecule has 0 aliphatic rings. The quantitative estimate of drug-likeness (QED) is 0.886. The first-order chi connectivity index (χ1) is 7.02. The third-order valence-electron chi connectivity index (χ3n) is 2.22. The molecule has 2 N–H and O–H groups in total. The summed E-state index contributed by atoms with van der Waals surface area (Å²) in [6, 6.07) is 5.73. The summed E-state index contributed by atoms with van der Waals surface area (Å²) in [6.45, 7) is 3.69. The number of hydrogen-bond acceptors (Lipinski definition) is 3. The molecule has 0 aromatic heterocycles. The second-order valence-corrected chi connectivity index (χ2v) is 4.47. The Labute approximate surface area is 98.6 Å². The van der Waals surface area contributed by atoms with Crippen molar-refractivity contribution in [2.75, 3.05) is 12.4 Å². The van der Waals surface area contributed by atoms with Crippen LogP contribution in [-0.4, -0.2) is 24.4 Å². The zero-order valence-corrected chi connectivity index (χ0v) is 10.7. The van der Waals surface area contributed by atoms with Crippen LogP contribution in [0, 0.1) is 0 Å². The maximum absolute atomic E-state index is 9.37. The summed E-state index contributed by atoms with van der Waals surface area (Å²) >= 11 is 3.40. The molecule has 0 bridgehead atoms. The fourth-order valence-electron chi connectivity index (χ4n) is 1.15. The van der Waals surface area contributed by atoms with Crippen molar-refractivity contribution in [3.63, 3.8) is 0 Å². The van der Waals surface area contributed by atoms with Crippen LogP contribution in [0.5, 0.6) is 5.75 Å². The van der Waals surface area contributed by atoms with Crippen molar-refractivity contribution in [2.24, 2.45) is 0 Å². The van der Waals surface area contributed by atoms with Gasteiger partial charge in [0.2, 0.25) is 0 Å². The van der Waals surface area contributed by atoms with E-state index in [9.17, 15) is 5.11 Å². The fourth-order valence-corrected chi connectivity index (χ4v) is 1.62. The predicted molar refractivity (Wildman–Crippen MR) is 65.5 cm³/mol. The zero-order valence-electron chi connectivity index (χ0n) is 9.12. The van der Waals surface area contributed by atoms with Crippen LogP contribution >= 0.6 is 15.9 Å². The van der Waals surface area contributed by atoms with Crippen LogP contribution in [0.2, 0.25) is 0 Å². The van der Waals surface area contributed by atoms with E-state index in [1.165, 1.54) is 0 Å². The highest BCUT2D eigenvalue weighted by Crippen LogP contribution is 2.25. The van der Waals surface area contributed by atoms with Gasteiger partial charge >= 0.3 is 0 Å². The van der Waals surface area contributed by atoms with E-state index in [0.29, 0.717) is 0 Å². The van der Waals surface area contributed by atoms with Crippen LogP contribution in [-0.2, 0) is 0 Å². The number of hydrogen-bond donors (Lipinski definition) is 2. The van der Waals surface area contributed by atoms with Gasteiger partial charge in [-0.05, 0) is 26.0 Å². The van der Waals surface area contributed by atoms with Gasteiger partial charge in [-0.3, -0.25) is 0 Å². The zero-order chi connectivity index (χ0) is 11.4. The van der Waals surface area contributed by atoms with Crippen LogP contribution in [0.3, 0.4) is 0 Å². The van der Waals surface area contributed by atoms with Gasteiger partial charge in [0.15, 0.2) is 0 Å². The Kier molecular flexibility index (Phi) is 4.42. The Balaban J connectivity index is 2.80. The third kappa shape index (κ3) is 3.72. The van der Waals surface area contributed by atoms with Crippen LogP contribution in [0.1, 0.15) is 13.8 Å². The summed E-state index contributed by atoms with van der Waals surface area (Å²) in [5.74, 6) is 0.782. The predicted octanol–water partition coefficient (Wildman–Crippen LogP) is 2.64. The normalized spacial score (nSPS) is 14.5. The minimum atomic E-state index is -0.394. The third-order valence-corrected chi connectivity index (χ3v) is 2.68. The van der Waals surface area contributed by atoms with E-state index < -0.39 is 6.10 Å². The summed E-state index contributed by atoms with van der Waals surface area (Å²) in [5.41, 5.74) is 0.926. The molecule has 2 unspecified atom stereocenters. The fraction of sp³-hybridized carbons (Fsp3) is 0.455. The number of aliphatic hydroxyl groups is 1. The molecule has 1 rings (SSSR count). The summed E-state index contributed by atoms with van der Waals surface area (Å²) in [6.07, 6.45) is -0.394. The molecular weight excluding hydrogens is 258 g/mol. The van der Waals surface area contributed by atoms with Crippen molar-refractivity contribution < 1.29 is 9.84 Å². The van der Waals surface area contributed by atoms with Gasteiger partial charge in [0.05, 0.1) is 13.2 Å². The Morgan fingerprint density at radius 2 is 2.00 bits per heavy atom. The smallest absolute Gasteiger partial charge is 0.122 e. The maximum atomic E-state index is 9.37. The van der Waals surface area contributed by atoms with Gasteiger partial charge < -0.3 is 15.2 Å². The molecule has 0 saturated heterocycles. The van der Waals surface area contributed by atoms with Crippen molar-refractivity contribution in [3.05, 3.63) is 22.7 Å². The summed E-state index contributed by atoms with van der Waals surface area (Å²) in [5, 5.41) is 12.6. The molecule has 4 heteroatoms. The van der Waals surface area contributed by atoms with Crippen molar-refractivity contribution in [3.8, 4) is 5.75 Å². The van der Waals surface area contributed by atoms with E-state index in [1.54, 1.807) is 14.0 Å². The molecule has 0 fully saturated rings. The lowest BCUT2D eigenvalue weighted by Crippen LogP contribution is -2.27. The Bertz CT molecular complexity index is 328. The minimum absolute atomic E-state index is 0.00371. The van der Waals surface area contributed by atoms with Crippen molar-refractivity contribution >= 4 is 21.6 Å². The summed E-state index contributed by atoms with van der Waals surface area (Å²) in [7, 11) is 1.63. The molecule has 0 spiro atoms. The second-order valence-electron chi connectivity index (χ2n) is 3.55. The Hall–Kier alpha value is -0.740. The number of rotatable bonds is 4. The van der Waals surface area contributed by atoms with Gasteiger partial charge in [0.25, 0.3) is 0 Å². The minimum Gasteiger partial charge on any atom is -0.497 e. The number of anilines is 1. The molecule has 0 heterocycles. The van der Waals surface area contributed by atoms with Gasteiger partial charge in [0.1, 0.15) is 5.75 Å². The second kappa shape index (κ2) is 5.37. The molecule has 0 saturated carbocycles. The largest absolute Gasteiger partial charge is 0.497 e. The molecule has 1 aromatic carbocycles. The number of methoxy groups -OCH3 is 1. The molecule has 84 valence electrons. The Morgan fingerprint density at radius 3 is 2.53 bits per heavy atom. The van der Waals surface area contributed by atoms with E-state index in [2.05, 4.69) is 21.2 Å². The standard InChI is InChI=1S/C11H16BrNO2/c1-7(8(2)14)13-10-4-9(12)5-11(6-10)15-3/h4-8,13-14H,1-3H3. The van der Waals surface area contributed by atoms with Crippen molar-refractivity contribution in [2.45, 2.75) is 26.0 Å². The number of aliphatic hydroxyl groups excluding tert-OH is 1. The van der Waals surface area contributed by atoms with Gasteiger partial charge in [0, 0.05) is 22.3 Å². The topological polar surface area (TPSA) is 41.5 Å². The average molecular weight is 274 g/mol. The first-order valence-electron chi connectivity index (χ1n) is 4.82. The number of nitrogens with one attached hydrogen (secondary N) is 1. The van der Waals surface area contributed by atoms with Gasteiger partial charge in [-0.1, -0.05) is 15.9 Å². The van der Waals surface area contributed by atoms with Crippen molar-refractivity contribution in [1.82, 2.24) is 0 Å². The highest BCUT2D eigenvalue weighted by atomic mass is 79.9. The van der Waals surface area contributed by atoms with Gasteiger partial charge in [-0.25, -0.2) is 0 Å². The molecule has 1 aromatic rings. The lowest BCUT2D eigenvalue weighted by Gasteiger charge is -2.18. The molecule has 0 amide bonds. The Morgan fingerprint density at radius 1 is 1.33 bits per heavy atom. The van der Waals surface area contributed by atoms with Crippen LogP contribution in [0.15, 0.2) is 22.7 Å². The molecule has 15 heavy (non-hydrogen) atoms. The molecule has 3 nitrogen and oxygen atoms in total. The van der Waals surface area contributed by atoms with Crippen LogP contribution in [0.4, 0.5) is 5.69 Å². The highest BCUT2D eigenvalue weighted by Gasteiger charge is 2.09. The maximum Gasteiger partial charge on any atom is 0.122 e.